The van der Waals surface area contributed by atoms with Crippen LogP contribution in [-0.4, -0.2) is 11.7 Å². The molecule has 0 fully saturated rings. The van der Waals surface area contributed by atoms with Crippen molar-refractivity contribution in [2.24, 2.45) is 7.05 Å². The van der Waals surface area contributed by atoms with Crippen LogP contribution in [0.5, 0.6) is 5.75 Å². The molecule has 21 heavy (non-hydrogen) atoms. The van der Waals surface area contributed by atoms with Crippen LogP contribution < -0.4 is 10.2 Å². The van der Waals surface area contributed by atoms with Crippen LogP contribution in [0, 0.1) is 6.92 Å². The standard InChI is InChI=1S/C16H19NO3.ClH/c1-12-9-15(18)16(14(11-19-3)17(12)2)20-10-13-7-5-4-6-8-13;/h4-9H,10-11H2,1-3H3;1H. The van der Waals surface area contributed by atoms with Gasteiger partial charge in [-0.3, -0.25) is 4.79 Å². The van der Waals surface area contributed by atoms with Gasteiger partial charge in [-0.1, -0.05) is 30.3 Å². The van der Waals surface area contributed by atoms with Gasteiger partial charge in [0.15, 0.2) is 5.75 Å². The molecule has 0 amide bonds. The molecule has 2 aromatic rings. The first-order chi connectivity index (χ1) is 9.63. The van der Waals surface area contributed by atoms with Crippen LogP contribution in [0.2, 0.25) is 0 Å². The smallest absolute Gasteiger partial charge is 0.224 e. The molecule has 0 N–H and O–H groups in total. The maximum absolute atomic E-state index is 12.1. The van der Waals surface area contributed by atoms with E-state index >= 15 is 0 Å². The molecule has 114 valence electrons. The third kappa shape index (κ3) is 4.09. The van der Waals surface area contributed by atoms with Crippen LogP contribution in [0.25, 0.3) is 0 Å². The monoisotopic (exact) mass is 309 g/mol. The fourth-order valence-corrected chi connectivity index (χ4v) is 2.04. The Balaban J connectivity index is 0.00000220. The van der Waals surface area contributed by atoms with E-state index in [1.54, 1.807) is 13.2 Å². The van der Waals surface area contributed by atoms with E-state index in [0.717, 1.165) is 17.0 Å². The highest BCUT2D eigenvalue weighted by atomic mass is 35.5. The van der Waals surface area contributed by atoms with Crippen molar-refractivity contribution in [3.63, 3.8) is 0 Å². The highest BCUT2D eigenvalue weighted by Crippen LogP contribution is 2.17. The summed E-state index contributed by atoms with van der Waals surface area (Å²) in [5.74, 6) is 0.365. The third-order valence-electron chi connectivity index (χ3n) is 3.27. The fourth-order valence-electron chi connectivity index (χ4n) is 2.04. The number of aryl methyl sites for hydroxylation is 1. The first-order valence-electron chi connectivity index (χ1n) is 6.48. The summed E-state index contributed by atoms with van der Waals surface area (Å²) in [5, 5.41) is 0. The van der Waals surface area contributed by atoms with E-state index in [1.807, 2.05) is 48.9 Å². The second-order valence-corrected chi connectivity index (χ2v) is 4.69. The fraction of sp³-hybridized carbons (Fsp3) is 0.312. The van der Waals surface area contributed by atoms with Gasteiger partial charge in [0.1, 0.15) is 6.61 Å². The maximum Gasteiger partial charge on any atom is 0.224 e. The maximum atomic E-state index is 12.1. The predicted molar refractivity (Wildman–Crippen MR) is 85.2 cm³/mol. The number of benzene rings is 1. The molecule has 0 saturated heterocycles. The first kappa shape index (κ1) is 17.3. The van der Waals surface area contributed by atoms with Gasteiger partial charge in [-0.25, -0.2) is 0 Å². The Labute approximate surface area is 130 Å². The molecule has 0 saturated carbocycles. The van der Waals surface area contributed by atoms with Crippen LogP contribution in [0.3, 0.4) is 0 Å². The SMILES string of the molecule is COCc1c(OCc2ccccc2)c(=O)cc(C)n1C.Cl. The van der Waals surface area contributed by atoms with E-state index in [-0.39, 0.29) is 17.8 Å². The van der Waals surface area contributed by atoms with Crippen LogP contribution >= 0.6 is 12.4 Å². The van der Waals surface area contributed by atoms with E-state index in [4.69, 9.17) is 9.47 Å². The first-order valence-corrected chi connectivity index (χ1v) is 6.48. The summed E-state index contributed by atoms with van der Waals surface area (Å²) >= 11 is 0. The van der Waals surface area contributed by atoms with Crippen molar-refractivity contribution in [1.29, 1.82) is 0 Å². The van der Waals surface area contributed by atoms with Crippen LogP contribution in [0.15, 0.2) is 41.2 Å². The third-order valence-corrected chi connectivity index (χ3v) is 3.27. The van der Waals surface area contributed by atoms with Crippen LogP contribution in [0.4, 0.5) is 0 Å². The molecule has 0 bridgehead atoms. The summed E-state index contributed by atoms with van der Waals surface area (Å²) < 4.78 is 12.8. The normalized spacial score (nSPS) is 10.0. The number of hydrogen-bond acceptors (Lipinski definition) is 3. The largest absolute Gasteiger partial charge is 0.483 e. The lowest BCUT2D eigenvalue weighted by atomic mass is 10.2. The lowest BCUT2D eigenvalue weighted by Crippen LogP contribution is -2.18. The minimum atomic E-state index is -0.108. The Morgan fingerprint density at radius 1 is 1.14 bits per heavy atom. The number of ether oxygens (including phenoxy) is 2. The average Bonchev–Trinajstić information content (AvgIpc) is 2.45. The highest BCUT2D eigenvalue weighted by Gasteiger charge is 2.13. The molecule has 2 rings (SSSR count). The zero-order valence-corrected chi connectivity index (χ0v) is 13.3. The average molecular weight is 310 g/mol. The van der Waals surface area contributed by atoms with Gasteiger partial charge < -0.3 is 14.0 Å². The number of halogens is 1. The minimum absolute atomic E-state index is 0. The number of hydrogen-bond donors (Lipinski definition) is 0. The summed E-state index contributed by atoms with van der Waals surface area (Å²) in [5.41, 5.74) is 2.56. The van der Waals surface area contributed by atoms with E-state index in [9.17, 15) is 4.79 Å². The molecule has 4 nitrogen and oxygen atoms in total. The predicted octanol–water partition coefficient (Wildman–Crippen LogP) is 2.84. The van der Waals surface area contributed by atoms with E-state index < -0.39 is 0 Å². The summed E-state index contributed by atoms with van der Waals surface area (Å²) in [7, 11) is 3.51. The van der Waals surface area contributed by atoms with E-state index in [2.05, 4.69) is 0 Å². The summed E-state index contributed by atoms with van der Waals surface area (Å²) in [6.07, 6.45) is 0. The second-order valence-electron chi connectivity index (χ2n) is 4.69. The molecule has 0 radical (unpaired) electrons. The molecule has 1 heterocycles. The number of nitrogens with zero attached hydrogens (tertiary/aromatic N) is 1. The Morgan fingerprint density at radius 3 is 2.43 bits per heavy atom. The van der Waals surface area contributed by atoms with Crippen molar-refractivity contribution in [2.45, 2.75) is 20.1 Å². The Hall–Kier alpha value is -1.78. The summed E-state index contributed by atoms with van der Waals surface area (Å²) in [4.78, 5) is 12.1. The van der Waals surface area contributed by atoms with Gasteiger partial charge in [-0.15, -0.1) is 12.4 Å². The number of rotatable bonds is 5. The Morgan fingerprint density at radius 2 is 1.81 bits per heavy atom. The number of methoxy groups -OCH3 is 1. The molecule has 0 aliphatic heterocycles. The number of pyridine rings is 1. The van der Waals surface area contributed by atoms with Gasteiger partial charge in [0, 0.05) is 25.9 Å². The van der Waals surface area contributed by atoms with Gasteiger partial charge in [0.2, 0.25) is 5.43 Å². The van der Waals surface area contributed by atoms with Crippen molar-refractivity contribution in [3.05, 3.63) is 63.6 Å². The molecule has 0 spiro atoms. The van der Waals surface area contributed by atoms with Crippen LogP contribution in [0.1, 0.15) is 17.0 Å². The molecule has 1 aromatic heterocycles. The van der Waals surface area contributed by atoms with Crippen molar-refractivity contribution < 1.29 is 9.47 Å². The molecule has 0 aliphatic carbocycles. The van der Waals surface area contributed by atoms with Gasteiger partial charge >= 0.3 is 0 Å². The molecule has 0 atom stereocenters. The molecule has 1 aromatic carbocycles. The topological polar surface area (TPSA) is 40.5 Å². The van der Waals surface area contributed by atoms with Crippen molar-refractivity contribution in [2.75, 3.05) is 7.11 Å². The van der Waals surface area contributed by atoms with E-state index in [0.29, 0.717) is 19.0 Å². The Bertz CT molecular complexity index is 638. The van der Waals surface area contributed by atoms with Gasteiger partial charge in [-0.05, 0) is 12.5 Å². The second kappa shape index (κ2) is 7.86. The van der Waals surface area contributed by atoms with Gasteiger partial charge in [-0.2, -0.15) is 0 Å². The zero-order chi connectivity index (χ0) is 14.5. The van der Waals surface area contributed by atoms with Crippen molar-refractivity contribution in [3.8, 4) is 5.75 Å². The summed E-state index contributed by atoms with van der Waals surface area (Å²) in [6.45, 7) is 2.61. The Kier molecular flexibility index (Phi) is 6.46. The van der Waals surface area contributed by atoms with E-state index in [1.165, 1.54) is 0 Å². The lowest BCUT2D eigenvalue weighted by Gasteiger charge is -2.16. The highest BCUT2D eigenvalue weighted by molar-refractivity contribution is 5.85. The quantitative estimate of drug-likeness (QED) is 0.852. The molecular weight excluding hydrogens is 290 g/mol. The minimum Gasteiger partial charge on any atom is -0.483 e. The summed E-state index contributed by atoms with van der Waals surface area (Å²) in [6, 6.07) is 11.4. The molecule has 5 heteroatoms. The zero-order valence-electron chi connectivity index (χ0n) is 12.5. The molecule has 0 aliphatic rings. The number of aromatic nitrogens is 1. The molecule has 0 unspecified atom stereocenters. The lowest BCUT2D eigenvalue weighted by molar-refractivity contribution is 0.171. The van der Waals surface area contributed by atoms with Crippen molar-refractivity contribution in [1.82, 2.24) is 4.57 Å². The van der Waals surface area contributed by atoms with Crippen LogP contribution in [-0.2, 0) is 25.0 Å². The van der Waals surface area contributed by atoms with Crippen molar-refractivity contribution >= 4 is 12.4 Å². The van der Waals surface area contributed by atoms with Gasteiger partial charge in [0.25, 0.3) is 0 Å². The van der Waals surface area contributed by atoms with Gasteiger partial charge in [0.05, 0.1) is 12.3 Å². The molecular formula is C16H20ClNO3.